The average molecular weight is 411 g/mol. The van der Waals surface area contributed by atoms with Gasteiger partial charge in [0.15, 0.2) is 0 Å². The van der Waals surface area contributed by atoms with E-state index in [4.69, 9.17) is 11.6 Å². The van der Waals surface area contributed by atoms with Crippen LogP contribution in [0.2, 0.25) is 5.02 Å². The van der Waals surface area contributed by atoms with Gasteiger partial charge in [-0.2, -0.15) is 0 Å². The van der Waals surface area contributed by atoms with Crippen LogP contribution < -0.4 is 10.2 Å². The lowest BCUT2D eigenvalue weighted by molar-refractivity contribution is -0.126. The Kier molecular flexibility index (Phi) is 5.53. The number of nitrogens with zero attached hydrogens (tertiary/aromatic N) is 3. The molecule has 1 atom stereocenters. The van der Waals surface area contributed by atoms with Crippen molar-refractivity contribution in [1.82, 2.24) is 14.9 Å². The van der Waals surface area contributed by atoms with Gasteiger partial charge in [0.2, 0.25) is 11.8 Å². The van der Waals surface area contributed by atoms with Crippen LogP contribution in [0.5, 0.6) is 0 Å². The van der Waals surface area contributed by atoms with Gasteiger partial charge in [-0.05, 0) is 42.3 Å². The van der Waals surface area contributed by atoms with Crippen molar-refractivity contribution < 1.29 is 9.59 Å². The summed E-state index contributed by atoms with van der Waals surface area (Å²) in [4.78, 5) is 31.1. The fourth-order valence-corrected chi connectivity index (χ4v) is 3.93. The third kappa shape index (κ3) is 4.12. The summed E-state index contributed by atoms with van der Waals surface area (Å²) in [7, 11) is 0. The highest BCUT2D eigenvalue weighted by Crippen LogP contribution is 2.27. The van der Waals surface area contributed by atoms with Gasteiger partial charge >= 0.3 is 0 Å². The van der Waals surface area contributed by atoms with Crippen LogP contribution in [0.25, 0.3) is 11.0 Å². The highest BCUT2D eigenvalue weighted by atomic mass is 35.5. The fraction of sp³-hybridized carbons (Fsp3) is 0.318. The zero-order valence-corrected chi connectivity index (χ0v) is 17.0. The Morgan fingerprint density at radius 2 is 2.14 bits per heavy atom. The van der Waals surface area contributed by atoms with Gasteiger partial charge in [-0.3, -0.25) is 9.59 Å². The standard InChI is InChI=1S/C22H23ClN4O2/c1-2-8-26-14-25-19-9-15(6-7-20(19)26)12-24-22(29)16-10-21(28)27(13-16)18-5-3-4-17(23)11-18/h3-7,9,11,14,16H,2,8,10,12-13H2,1H3,(H,24,29)/t16-/m0/s1. The van der Waals surface area contributed by atoms with E-state index in [2.05, 4.69) is 21.8 Å². The molecular formula is C22H23ClN4O2. The quantitative estimate of drug-likeness (QED) is 0.672. The molecule has 1 aliphatic heterocycles. The second-order valence-corrected chi connectivity index (χ2v) is 7.80. The molecular weight excluding hydrogens is 388 g/mol. The number of halogens is 1. The zero-order valence-electron chi connectivity index (χ0n) is 16.3. The number of rotatable bonds is 6. The molecule has 2 amide bonds. The van der Waals surface area contributed by atoms with E-state index in [1.54, 1.807) is 23.1 Å². The molecule has 3 aromatic rings. The Morgan fingerprint density at radius 3 is 2.93 bits per heavy atom. The van der Waals surface area contributed by atoms with Crippen molar-refractivity contribution in [3.05, 3.63) is 59.4 Å². The molecule has 0 aliphatic carbocycles. The van der Waals surface area contributed by atoms with Gasteiger partial charge in [0.05, 0.1) is 23.3 Å². The molecule has 2 heterocycles. The molecule has 1 fully saturated rings. The van der Waals surface area contributed by atoms with Crippen LogP contribution in [-0.4, -0.2) is 27.9 Å². The van der Waals surface area contributed by atoms with Crippen molar-refractivity contribution in [1.29, 1.82) is 0 Å². The number of nitrogens with one attached hydrogen (secondary N) is 1. The molecule has 1 aromatic heterocycles. The lowest BCUT2D eigenvalue weighted by Gasteiger charge is -2.17. The number of fused-ring (bicyclic) bond motifs is 1. The van der Waals surface area contributed by atoms with E-state index in [1.165, 1.54) is 0 Å². The highest BCUT2D eigenvalue weighted by Gasteiger charge is 2.35. The van der Waals surface area contributed by atoms with E-state index in [9.17, 15) is 9.59 Å². The number of benzene rings is 2. The number of aryl methyl sites for hydroxylation is 1. The van der Waals surface area contributed by atoms with E-state index >= 15 is 0 Å². The largest absolute Gasteiger partial charge is 0.352 e. The maximum atomic E-state index is 12.6. The van der Waals surface area contributed by atoms with E-state index in [0.717, 1.165) is 35.2 Å². The van der Waals surface area contributed by atoms with Crippen LogP contribution in [0, 0.1) is 5.92 Å². The molecule has 29 heavy (non-hydrogen) atoms. The van der Waals surface area contributed by atoms with Crippen LogP contribution in [0.1, 0.15) is 25.3 Å². The molecule has 150 valence electrons. The number of aromatic nitrogens is 2. The number of amides is 2. The summed E-state index contributed by atoms with van der Waals surface area (Å²) in [5.74, 6) is -0.538. The second kappa shape index (κ2) is 8.25. The molecule has 4 rings (SSSR count). The lowest BCUT2D eigenvalue weighted by atomic mass is 10.1. The molecule has 1 aliphatic rings. The highest BCUT2D eigenvalue weighted by molar-refractivity contribution is 6.31. The minimum absolute atomic E-state index is 0.0599. The molecule has 0 unspecified atom stereocenters. The van der Waals surface area contributed by atoms with Crippen molar-refractivity contribution in [3.63, 3.8) is 0 Å². The zero-order chi connectivity index (χ0) is 20.4. The van der Waals surface area contributed by atoms with Crippen molar-refractivity contribution in [2.45, 2.75) is 32.9 Å². The van der Waals surface area contributed by atoms with Gasteiger partial charge in [0.25, 0.3) is 0 Å². The van der Waals surface area contributed by atoms with Gasteiger partial charge in [-0.1, -0.05) is 30.7 Å². The fourth-order valence-electron chi connectivity index (χ4n) is 3.75. The molecule has 0 radical (unpaired) electrons. The molecule has 1 saturated heterocycles. The molecule has 7 heteroatoms. The smallest absolute Gasteiger partial charge is 0.227 e. The summed E-state index contributed by atoms with van der Waals surface area (Å²) in [6.07, 6.45) is 3.11. The van der Waals surface area contributed by atoms with Crippen LogP contribution in [-0.2, 0) is 22.7 Å². The topological polar surface area (TPSA) is 67.2 Å². The SMILES string of the molecule is CCCn1cnc2cc(CNC(=O)[C@H]3CC(=O)N(c4cccc(Cl)c4)C3)ccc21. The van der Waals surface area contributed by atoms with Gasteiger partial charge in [-0.25, -0.2) is 4.98 Å². The minimum Gasteiger partial charge on any atom is -0.352 e. The monoisotopic (exact) mass is 410 g/mol. The molecule has 2 aromatic carbocycles. The van der Waals surface area contributed by atoms with Gasteiger partial charge < -0.3 is 14.8 Å². The summed E-state index contributed by atoms with van der Waals surface area (Å²) < 4.78 is 2.13. The minimum atomic E-state index is -0.367. The molecule has 0 bridgehead atoms. The summed E-state index contributed by atoms with van der Waals surface area (Å²) >= 11 is 6.02. The number of imidazole rings is 1. The number of carbonyl (C=O) groups is 2. The Morgan fingerprint density at radius 1 is 1.28 bits per heavy atom. The summed E-state index contributed by atoms with van der Waals surface area (Å²) in [6, 6.07) is 13.2. The average Bonchev–Trinajstić information content (AvgIpc) is 3.30. The van der Waals surface area contributed by atoms with Crippen molar-refractivity contribution in [3.8, 4) is 0 Å². The predicted molar refractivity (Wildman–Crippen MR) is 114 cm³/mol. The second-order valence-electron chi connectivity index (χ2n) is 7.36. The number of hydrogen-bond acceptors (Lipinski definition) is 3. The summed E-state index contributed by atoms with van der Waals surface area (Å²) in [6.45, 7) is 3.85. The van der Waals surface area contributed by atoms with Crippen LogP contribution in [0.3, 0.4) is 0 Å². The van der Waals surface area contributed by atoms with Gasteiger partial charge in [0, 0.05) is 36.8 Å². The van der Waals surface area contributed by atoms with Gasteiger partial charge in [-0.15, -0.1) is 0 Å². The van der Waals surface area contributed by atoms with E-state index in [0.29, 0.717) is 18.1 Å². The summed E-state index contributed by atoms with van der Waals surface area (Å²) in [5.41, 5.74) is 3.74. The first kappa shape index (κ1) is 19.5. The Bertz CT molecular complexity index is 1060. The van der Waals surface area contributed by atoms with Crippen LogP contribution in [0.4, 0.5) is 5.69 Å². The van der Waals surface area contributed by atoms with Crippen molar-refractivity contribution >= 4 is 40.1 Å². The Labute approximate surface area is 174 Å². The van der Waals surface area contributed by atoms with E-state index in [1.807, 2.05) is 30.6 Å². The summed E-state index contributed by atoms with van der Waals surface area (Å²) in [5, 5.41) is 3.53. The number of anilines is 1. The van der Waals surface area contributed by atoms with E-state index in [-0.39, 0.29) is 24.2 Å². The Balaban J connectivity index is 1.38. The molecule has 1 N–H and O–H groups in total. The first-order valence-corrected chi connectivity index (χ1v) is 10.2. The molecule has 0 saturated carbocycles. The van der Waals surface area contributed by atoms with Crippen molar-refractivity contribution in [2.24, 2.45) is 5.92 Å². The van der Waals surface area contributed by atoms with Crippen molar-refractivity contribution in [2.75, 3.05) is 11.4 Å². The number of hydrogen-bond donors (Lipinski definition) is 1. The lowest BCUT2D eigenvalue weighted by Crippen LogP contribution is -2.32. The van der Waals surface area contributed by atoms with E-state index < -0.39 is 0 Å². The maximum absolute atomic E-state index is 12.6. The third-order valence-corrected chi connectivity index (χ3v) is 5.47. The Hall–Kier alpha value is -2.86. The maximum Gasteiger partial charge on any atom is 0.227 e. The first-order valence-electron chi connectivity index (χ1n) is 9.82. The number of carbonyl (C=O) groups excluding carboxylic acids is 2. The van der Waals surface area contributed by atoms with Crippen LogP contribution in [0.15, 0.2) is 48.8 Å². The third-order valence-electron chi connectivity index (χ3n) is 5.23. The first-order chi connectivity index (χ1) is 14.0. The predicted octanol–water partition coefficient (Wildman–Crippen LogP) is 3.77. The normalized spacial score (nSPS) is 16.6. The van der Waals surface area contributed by atoms with Crippen LogP contribution >= 0.6 is 11.6 Å². The van der Waals surface area contributed by atoms with Gasteiger partial charge in [0.1, 0.15) is 0 Å². The molecule has 6 nitrogen and oxygen atoms in total. The molecule has 0 spiro atoms.